The van der Waals surface area contributed by atoms with Crippen molar-refractivity contribution in [1.82, 2.24) is 0 Å². The molecule has 0 fully saturated rings. The second kappa shape index (κ2) is 4.54. The zero-order chi connectivity index (χ0) is 9.90. The normalized spacial score (nSPS) is 11.7. The minimum atomic E-state index is -4.14. The van der Waals surface area contributed by atoms with Crippen LogP contribution < -0.4 is 0 Å². The lowest BCUT2D eigenvalue weighted by molar-refractivity contribution is -0.0329. The summed E-state index contributed by atoms with van der Waals surface area (Å²) in [5, 5.41) is 0. The molecule has 0 N–H and O–H groups in total. The van der Waals surface area contributed by atoms with Crippen molar-refractivity contribution in [2.75, 3.05) is 0 Å². The van der Waals surface area contributed by atoms with E-state index in [2.05, 4.69) is 22.6 Å². The summed E-state index contributed by atoms with van der Waals surface area (Å²) in [4.78, 5) is 0. The number of hydrogen-bond acceptors (Lipinski definition) is 1. The molecule has 0 aromatic heterocycles. The van der Waals surface area contributed by atoms with Crippen molar-refractivity contribution in [3.05, 3.63) is 33.4 Å². The first-order chi connectivity index (χ1) is 5.97. The number of alkyl halides is 3. The van der Waals surface area contributed by atoms with Crippen molar-refractivity contribution in [2.45, 2.75) is 11.3 Å². The molecule has 5 heteroatoms. The predicted molar refractivity (Wildman–Crippen MR) is 56.5 cm³/mol. The molecular weight excluding hydrogens is 312 g/mol. The molecule has 0 saturated carbocycles. The van der Waals surface area contributed by atoms with E-state index >= 15 is 0 Å². The maximum atomic E-state index is 11.8. The van der Waals surface area contributed by atoms with Gasteiger partial charge in [-0.2, -0.15) is 13.2 Å². The smallest absolute Gasteiger partial charge is 0.160 e. The fourth-order valence-corrected chi connectivity index (χ4v) is 1.63. The molecule has 0 spiro atoms. The third kappa shape index (κ3) is 4.75. The van der Waals surface area contributed by atoms with E-state index in [0.717, 1.165) is 3.57 Å². The molecule has 0 unspecified atom stereocenters. The minimum absolute atomic E-state index is 0.00992. The van der Waals surface area contributed by atoms with Gasteiger partial charge in [-0.15, -0.1) is 0 Å². The number of hydrogen-bond donors (Lipinski definition) is 0. The summed E-state index contributed by atoms with van der Waals surface area (Å²) >= 11 is 2.10. The highest BCUT2D eigenvalue weighted by atomic mass is 127. The van der Waals surface area contributed by atoms with Crippen LogP contribution in [0.4, 0.5) is 13.2 Å². The molecule has 0 radical (unpaired) electrons. The van der Waals surface area contributed by atoms with Crippen molar-refractivity contribution in [1.29, 1.82) is 0 Å². The van der Waals surface area contributed by atoms with Gasteiger partial charge in [0, 0.05) is 9.32 Å². The van der Waals surface area contributed by atoms with Gasteiger partial charge in [-0.3, -0.25) is 0 Å². The molecule has 72 valence electrons. The van der Waals surface area contributed by atoms with E-state index in [4.69, 9.17) is 0 Å². The Morgan fingerprint density at radius 1 is 1.15 bits per heavy atom. The summed E-state index contributed by atoms with van der Waals surface area (Å²) in [6.07, 6.45) is 0. The van der Waals surface area contributed by atoms with Gasteiger partial charge in [-0.25, -0.2) is 0 Å². The highest BCUT2D eigenvalue weighted by Crippen LogP contribution is 2.32. The summed E-state index contributed by atoms with van der Waals surface area (Å²) in [6.45, 7) is 0. The van der Waals surface area contributed by atoms with Gasteiger partial charge in [0.1, 0.15) is 0 Å². The Hall–Kier alpha value is 0.0900. The molecule has 0 heterocycles. The first kappa shape index (κ1) is 11.2. The van der Waals surface area contributed by atoms with E-state index in [-0.39, 0.29) is 17.5 Å². The van der Waals surface area contributed by atoms with Crippen molar-refractivity contribution in [3.63, 3.8) is 0 Å². The maximum Gasteiger partial charge on any atom is 0.442 e. The Labute approximate surface area is 92.0 Å². The average molecular weight is 318 g/mol. The van der Waals surface area contributed by atoms with Crippen molar-refractivity contribution >= 4 is 34.4 Å². The molecular formula is C8H6F3IS. The molecule has 1 aromatic carbocycles. The topological polar surface area (TPSA) is 0 Å². The molecule has 1 aromatic rings. The first-order valence-corrected chi connectivity index (χ1v) is 5.49. The Balaban J connectivity index is 2.51. The molecule has 0 atom stereocenters. The van der Waals surface area contributed by atoms with Gasteiger partial charge in [0.2, 0.25) is 0 Å². The minimum Gasteiger partial charge on any atom is -0.160 e. The van der Waals surface area contributed by atoms with Crippen LogP contribution in [0.25, 0.3) is 0 Å². The van der Waals surface area contributed by atoms with Crippen molar-refractivity contribution in [3.8, 4) is 0 Å². The Bertz CT molecular complexity index is 268. The lowest BCUT2D eigenvalue weighted by Crippen LogP contribution is -2.00. The summed E-state index contributed by atoms with van der Waals surface area (Å²) in [5.74, 6) is -0.0135. The van der Waals surface area contributed by atoms with Crippen LogP contribution in [0.15, 0.2) is 24.3 Å². The Morgan fingerprint density at radius 2 is 1.69 bits per heavy atom. The van der Waals surface area contributed by atoms with Gasteiger partial charge < -0.3 is 0 Å². The molecule has 0 aliphatic rings. The van der Waals surface area contributed by atoms with Crippen LogP contribution in [0.3, 0.4) is 0 Å². The Morgan fingerprint density at radius 3 is 2.15 bits per heavy atom. The van der Waals surface area contributed by atoms with E-state index < -0.39 is 5.51 Å². The number of thioether (sulfide) groups is 1. The van der Waals surface area contributed by atoms with E-state index in [1.54, 1.807) is 24.3 Å². The van der Waals surface area contributed by atoms with E-state index in [1.807, 2.05) is 0 Å². The summed E-state index contributed by atoms with van der Waals surface area (Å²) in [6, 6.07) is 7.01. The largest absolute Gasteiger partial charge is 0.442 e. The quantitative estimate of drug-likeness (QED) is 0.742. The molecule has 0 amide bonds. The van der Waals surface area contributed by atoms with Crippen LogP contribution >= 0.6 is 34.4 Å². The van der Waals surface area contributed by atoms with Crippen LogP contribution in [-0.2, 0) is 5.75 Å². The summed E-state index contributed by atoms with van der Waals surface area (Å²) in [5.41, 5.74) is -3.44. The monoisotopic (exact) mass is 318 g/mol. The zero-order valence-corrected chi connectivity index (χ0v) is 9.41. The van der Waals surface area contributed by atoms with Crippen LogP contribution in [0.1, 0.15) is 5.56 Å². The van der Waals surface area contributed by atoms with Crippen molar-refractivity contribution < 1.29 is 13.2 Å². The Kier molecular flexibility index (Phi) is 3.90. The second-order valence-electron chi connectivity index (χ2n) is 2.36. The van der Waals surface area contributed by atoms with Gasteiger partial charge in [0.05, 0.1) is 0 Å². The van der Waals surface area contributed by atoms with Crippen LogP contribution in [-0.4, -0.2) is 5.51 Å². The SMILES string of the molecule is FC(F)(F)SCc1ccc(I)cc1. The van der Waals surface area contributed by atoms with E-state index in [9.17, 15) is 13.2 Å². The maximum absolute atomic E-state index is 11.8. The van der Waals surface area contributed by atoms with Crippen molar-refractivity contribution in [2.24, 2.45) is 0 Å². The zero-order valence-electron chi connectivity index (χ0n) is 6.44. The van der Waals surface area contributed by atoms with E-state index in [1.165, 1.54) is 0 Å². The number of halogens is 4. The van der Waals surface area contributed by atoms with Gasteiger partial charge in [0.15, 0.2) is 0 Å². The molecule has 0 saturated heterocycles. The van der Waals surface area contributed by atoms with Gasteiger partial charge in [-0.1, -0.05) is 12.1 Å². The van der Waals surface area contributed by atoms with Crippen LogP contribution in [0.2, 0.25) is 0 Å². The van der Waals surface area contributed by atoms with Gasteiger partial charge in [0.25, 0.3) is 0 Å². The molecule has 0 bridgehead atoms. The molecule has 0 nitrogen and oxygen atoms in total. The third-order valence-corrected chi connectivity index (χ3v) is 2.84. The third-order valence-electron chi connectivity index (χ3n) is 1.32. The molecule has 13 heavy (non-hydrogen) atoms. The van der Waals surface area contributed by atoms with Gasteiger partial charge >= 0.3 is 5.51 Å². The highest BCUT2D eigenvalue weighted by Gasteiger charge is 2.27. The van der Waals surface area contributed by atoms with Crippen LogP contribution in [0.5, 0.6) is 0 Å². The number of rotatable bonds is 2. The molecule has 0 aliphatic carbocycles. The first-order valence-electron chi connectivity index (χ1n) is 3.42. The number of benzene rings is 1. The van der Waals surface area contributed by atoms with E-state index in [0.29, 0.717) is 5.56 Å². The highest BCUT2D eigenvalue weighted by molar-refractivity contribution is 14.1. The molecule has 1 rings (SSSR count). The predicted octanol–water partition coefficient (Wildman–Crippen LogP) is 4.04. The standard InChI is InChI=1S/C8H6F3IS/c9-8(10,11)13-5-6-1-3-7(12)4-2-6/h1-4H,5H2. The van der Waals surface area contributed by atoms with Crippen LogP contribution in [0, 0.1) is 3.57 Å². The summed E-state index contributed by atoms with van der Waals surface area (Å²) in [7, 11) is 0. The fraction of sp³-hybridized carbons (Fsp3) is 0.250. The average Bonchev–Trinajstić information content (AvgIpc) is 2.02. The summed E-state index contributed by atoms with van der Waals surface area (Å²) < 4.78 is 36.4. The fourth-order valence-electron chi connectivity index (χ4n) is 0.746. The second-order valence-corrected chi connectivity index (χ2v) is 4.65. The van der Waals surface area contributed by atoms with Gasteiger partial charge in [-0.05, 0) is 52.0 Å². The molecule has 0 aliphatic heterocycles. The lowest BCUT2D eigenvalue weighted by atomic mass is 10.2. The lowest BCUT2D eigenvalue weighted by Gasteiger charge is -2.04.